The van der Waals surface area contributed by atoms with Gasteiger partial charge in [0.1, 0.15) is 5.58 Å². The van der Waals surface area contributed by atoms with E-state index in [-0.39, 0.29) is 0 Å². The molecule has 224 valence electrons. The van der Waals surface area contributed by atoms with Crippen LogP contribution < -0.4 is 16.0 Å². The van der Waals surface area contributed by atoms with Crippen LogP contribution in [-0.4, -0.2) is 4.57 Å². The summed E-state index contributed by atoms with van der Waals surface area (Å²) in [5.74, 6) is 0. The normalized spacial score (nSPS) is 11.4. The Balaban J connectivity index is 1.24. The van der Waals surface area contributed by atoms with Crippen LogP contribution in [0.2, 0.25) is 0 Å². The lowest BCUT2D eigenvalue weighted by atomic mass is 10.1. The highest BCUT2D eigenvalue weighted by atomic mass is 16.3. The molecule has 0 atom stereocenters. The van der Waals surface area contributed by atoms with E-state index in [4.69, 9.17) is 4.42 Å². The van der Waals surface area contributed by atoms with Crippen LogP contribution in [0.15, 0.2) is 174 Å². The summed E-state index contributed by atoms with van der Waals surface area (Å²) >= 11 is 0. The molecule has 0 spiro atoms. The molecule has 0 bridgehead atoms. The molecule has 0 aliphatic rings. The molecule has 2 N–H and O–H groups in total. The first-order chi connectivity index (χ1) is 23.3. The molecule has 2 aromatic heterocycles. The number of nitrogens with one attached hydrogen (secondary N) is 2. The summed E-state index contributed by atoms with van der Waals surface area (Å²) in [7, 11) is 0. The molecule has 47 heavy (non-hydrogen) atoms. The SMILES string of the molecule is c1ccc(NN(Nc2ccccc2-n2c3ccccc3c3ccc4c5ccccc5oc4c32)c2cccc(-c3ccccc3)c2)cc1. The second-order valence-electron chi connectivity index (χ2n) is 11.6. The van der Waals surface area contributed by atoms with Gasteiger partial charge in [-0.25, -0.2) is 0 Å². The van der Waals surface area contributed by atoms with E-state index in [1.807, 2.05) is 41.5 Å². The molecule has 0 fully saturated rings. The molecule has 0 aliphatic heterocycles. The largest absolute Gasteiger partial charge is 0.454 e. The number of nitrogens with zero attached hydrogens (tertiary/aromatic N) is 2. The lowest BCUT2D eigenvalue weighted by Gasteiger charge is -2.29. The molecule has 5 heteroatoms. The van der Waals surface area contributed by atoms with E-state index >= 15 is 0 Å². The average molecular weight is 607 g/mol. The van der Waals surface area contributed by atoms with Crippen LogP contribution in [0.25, 0.3) is 60.6 Å². The number of hydrogen-bond donors (Lipinski definition) is 2. The summed E-state index contributed by atoms with van der Waals surface area (Å²) in [5.41, 5.74) is 17.4. The van der Waals surface area contributed by atoms with Crippen molar-refractivity contribution in [2.45, 2.75) is 0 Å². The van der Waals surface area contributed by atoms with Gasteiger partial charge in [-0.3, -0.25) is 10.9 Å². The molecule has 9 rings (SSSR count). The molecule has 2 heterocycles. The van der Waals surface area contributed by atoms with E-state index < -0.39 is 0 Å². The highest BCUT2D eigenvalue weighted by Crippen LogP contribution is 2.41. The van der Waals surface area contributed by atoms with Gasteiger partial charge in [-0.05, 0) is 65.7 Å². The minimum Gasteiger partial charge on any atom is -0.454 e. The third-order valence-electron chi connectivity index (χ3n) is 8.78. The monoisotopic (exact) mass is 606 g/mol. The molecule has 0 saturated heterocycles. The second-order valence-corrected chi connectivity index (χ2v) is 11.6. The minimum atomic E-state index is 0.879. The van der Waals surface area contributed by atoms with E-state index in [0.29, 0.717) is 0 Å². The van der Waals surface area contributed by atoms with Gasteiger partial charge in [0.15, 0.2) is 5.58 Å². The molecular formula is C42H30N4O. The van der Waals surface area contributed by atoms with E-state index in [1.165, 1.54) is 5.39 Å². The first-order valence-corrected chi connectivity index (χ1v) is 15.8. The van der Waals surface area contributed by atoms with Crippen LogP contribution >= 0.6 is 0 Å². The quantitative estimate of drug-likeness (QED) is 0.177. The zero-order valence-corrected chi connectivity index (χ0v) is 25.5. The number of hydrazine groups is 2. The Kier molecular flexibility index (Phi) is 6.39. The lowest BCUT2D eigenvalue weighted by Crippen LogP contribution is -2.36. The zero-order valence-electron chi connectivity index (χ0n) is 25.5. The molecule has 0 aliphatic carbocycles. The third kappa shape index (κ3) is 4.64. The van der Waals surface area contributed by atoms with E-state index in [9.17, 15) is 0 Å². The summed E-state index contributed by atoms with van der Waals surface area (Å²) < 4.78 is 8.95. The van der Waals surface area contributed by atoms with E-state index in [0.717, 1.165) is 72.2 Å². The van der Waals surface area contributed by atoms with Gasteiger partial charge in [-0.1, -0.05) is 115 Å². The van der Waals surface area contributed by atoms with Crippen molar-refractivity contribution in [2.75, 3.05) is 16.0 Å². The van der Waals surface area contributed by atoms with Crippen molar-refractivity contribution in [1.29, 1.82) is 0 Å². The predicted octanol–water partition coefficient (Wildman–Crippen LogP) is 11.2. The number of furan rings is 1. The maximum absolute atomic E-state index is 6.62. The number of aromatic nitrogens is 1. The Bertz CT molecular complexity index is 2530. The van der Waals surface area contributed by atoms with Crippen molar-refractivity contribution in [3.63, 3.8) is 0 Å². The first kappa shape index (κ1) is 26.9. The van der Waals surface area contributed by atoms with Crippen LogP contribution in [0.1, 0.15) is 0 Å². The molecule has 9 aromatic rings. The van der Waals surface area contributed by atoms with Crippen molar-refractivity contribution >= 4 is 60.8 Å². The van der Waals surface area contributed by atoms with Crippen molar-refractivity contribution < 1.29 is 4.42 Å². The first-order valence-electron chi connectivity index (χ1n) is 15.8. The number of anilines is 3. The van der Waals surface area contributed by atoms with Gasteiger partial charge in [0.05, 0.1) is 33.8 Å². The Morgan fingerprint density at radius 3 is 2.04 bits per heavy atom. The zero-order chi connectivity index (χ0) is 31.2. The lowest BCUT2D eigenvalue weighted by molar-refractivity contribution is 0.671. The molecule has 0 saturated carbocycles. The van der Waals surface area contributed by atoms with Gasteiger partial charge in [0.25, 0.3) is 0 Å². The van der Waals surface area contributed by atoms with Crippen LogP contribution in [0.5, 0.6) is 0 Å². The maximum Gasteiger partial charge on any atom is 0.160 e. The van der Waals surface area contributed by atoms with Crippen molar-refractivity contribution in [1.82, 2.24) is 4.57 Å². The van der Waals surface area contributed by atoms with Gasteiger partial charge < -0.3 is 8.98 Å². The van der Waals surface area contributed by atoms with Gasteiger partial charge in [0.2, 0.25) is 0 Å². The maximum atomic E-state index is 6.62. The summed E-state index contributed by atoms with van der Waals surface area (Å²) in [5, 5.41) is 6.54. The molecule has 0 radical (unpaired) electrons. The summed E-state index contributed by atoms with van der Waals surface area (Å²) in [6, 6.07) is 58.9. The number of rotatable bonds is 7. The molecular weight excluding hydrogens is 576 g/mol. The Morgan fingerprint density at radius 2 is 1.17 bits per heavy atom. The molecule has 7 aromatic carbocycles. The standard InChI is InChI=1S/C42H30N4O/c1-3-14-29(15-4-1)30-16-13-19-32(28-30)46(43-31-17-5-2-6-18-31)44-37-22-9-11-24-39(37)45-38-23-10-7-20-33(38)35-26-27-36-34-21-8-12-25-40(34)47-42(36)41(35)45/h1-28,43-44H. The van der Waals surface area contributed by atoms with Gasteiger partial charge in [-0.15, -0.1) is 0 Å². The fraction of sp³-hybridized carbons (Fsp3) is 0. The van der Waals surface area contributed by atoms with E-state index in [2.05, 4.69) is 149 Å². The summed E-state index contributed by atoms with van der Waals surface area (Å²) in [6.45, 7) is 0. The van der Waals surface area contributed by atoms with Crippen molar-refractivity contribution in [3.8, 4) is 16.8 Å². The summed E-state index contributed by atoms with van der Waals surface area (Å²) in [6.07, 6.45) is 0. The van der Waals surface area contributed by atoms with Crippen LogP contribution in [0.4, 0.5) is 17.1 Å². The van der Waals surface area contributed by atoms with Crippen molar-refractivity contribution in [2.24, 2.45) is 0 Å². The van der Waals surface area contributed by atoms with Crippen LogP contribution in [0.3, 0.4) is 0 Å². The van der Waals surface area contributed by atoms with E-state index in [1.54, 1.807) is 0 Å². The Labute approximate surface area is 271 Å². The molecule has 0 amide bonds. The number of hydrogen-bond acceptors (Lipinski definition) is 4. The molecule has 5 nitrogen and oxygen atoms in total. The highest BCUT2D eigenvalue weighted by Gasteiger charge is 2.21. The number of fused-ring (bicyclic) bond motifs is 7. The summed E-state index contributed by atoms with van der Waals surface area (Å²) in [4.78, 5) is 0. The predicted molar refractivity (Wildman–Crippen MR) is 196 cm³/mol. The van der Waals surface area contributed by atoms with Crippen LogP contribution in [-0.2, 0) is 0 Å². The smallest absolute Gasteiger partial charge is 0.160 e. The topological polar surface area (TPSA) is 45.4 Å². The van der Waals surface area contributed by atoms with Crippen molar-refractivity contribution in [3.05, 3.63) is 170 Å². The molecule has 0 unspecified atom stereocenters. The van der Waals surface area contributed by atoms with Gasteiger partial charge in [0, 0.05) is 21.5 Å². The van der Waals surface area contributed by atoms with Gasteiger partial charge in [-0.2, -0.15) is 5.12 Å². The Morgan fingerprint density at radius 1 is 0.489 bits per heavy atom. The average Bonchev–Trinajstić information content (AvgIpc) is 3.69. The third-order valence-corrected chi connectivity index (χ3v) is 8.78. The second kappa shape index (κ2) is 11.2. The fourth-order valence-electron chi connectivity index (χ4n) is 6.62. The highest BCUT2D eigenvalue weighted by molar-refractivity contribution is 6.21. The fourth-order valence-corrected chi connectivity index (χ4v) is 6.62. The van der Waals surface area contributed by atoms with Gasteiger partial charge >= 0.3 is 0 Å². The minimum absolute atomic E-state index is 0.879. The number of benzene rings is 7. The number of para-hydroxylation sites is 5. The van der Waals surface area contributed by atoms with Crippen LogP contribution in [0, 0.1) is 0 Å². The Hall–Kier alpha value is -6.46.